The lowest BCUT2D eigenvalue weighted by Crippen LogP contribution is -2.04. The number of aryl methyl sites for hydroxylation is 1. The van der Waals surface area contributed by atoms with Gasteiger partial charge in [0.15, 0.2) is 23.3 Å². The normalized spacial score (nSPS) is 10.1. The molecule has 0 bridgehead atoms. The molecule has 0 aliphatic heterocycles. The van der Waals surface area contributed by atoms with Crippen LogP contribution in [0.5, 0.6) is 0 Å². The molecule has 0 radical (unpaired) electrons. The summed E-state index contributed by atoms with van der Waals surface area (Å²) in [5.41, 5.74) is 0.216. The number of hydrogen-bond donors (Lipinski definition) is 0. The average molecular weight is 282 g/mol. The molecule has 0 aliphatic rings. The molecule has 20 heavy (non-hydrogen) atoms. The molecule has 0 aliphatic carbocycles. The van der Waals surface area contributed by atoms with E-state index in [0.717, 1.165) is 5.56 Å². The van der Waals surface area contributed by atoms with E-state index in [2.05, 4.69) is 5.92 Å². The van der Waals surface area contributed by atoms with E-state index >= 15 is 0 Å². The largest absolute Gasteiger partial charge is 0.202 e. The second kappa shape index (κ2) is 5.33. The molecule has 5 heteroatoms. The number of benzene rings is 2. The first-order valence-electron chi connectivity index (χ1n) is 5.52. The molecular formula is C15H7F5. The minimum absolute atomic E-state index is 0.402. The smallest absolute Gasteiger partial charge is 0.200 e. The minimum Gasteiger partial charge on any atom is -0.202 e. The first-order valence-corrected chi connectivity index (χ1v) is 5.52. The van der Waals surface area contributed by atoms with Gasteiger partial charge in [0, 0.05) is 5.56 Å². The molecule has 0 spiro atoms. The molecule has 0 saturated carbocycles. The Balaban J connectivity index is 2.53. The van der Waals surface area contributed by atoms with Crippen LogP contribution in [-0.4, -0.2) is 0 Å². The molecule has 2 aromatic rings. The fraction of sp³-hybridized carbons (Fsp3) is 0.0667. The third-order valence-electron chi connectivity index (χ3n) is 2.59. The molecular weight excluding hydrogens is 275 g/mol. The second-order valence-electron chi connectivity index (χ2n) is 4.06. The Labute approximate surface area is 111 Å². The Kier molecular flexibility index (Phi) is 3.75. The van der Waals surface area contributed by atoms with Crippen LogP contribution in [-0.2, 0) is 0 Å². The van der Waals surface area contributed by atoms with Gasteiger partial charge in [-0.15, -0.1) is 0 Å². The monoisotopic (exact) mass is 282 g/mol. The molecule has 0 fully saturated rings. The summed E-state index contributed by atoms with van der Waals surface area (Å²) < 4.78 is 65.4. The van der Waals surface area contributed by atoms with Gasteiger partial charge in [0.25, 0.3) is 0 Å². The van der Waals surface area contributed by atoms with Gasteiger partial charge in [-0.25, -0.2) is 22.0 Å². The van der Waals surface area contributed by atoms with E-state index in [1.165, 1.54) is 0 Å². The lowest BCUT2D eigenvalue weighted by molar-refractivity contribution is 0.376. The first kappa shape index (κ1) is 14.1. The van der Waals surface area contributed by atoms with Gasteiger partial charge in [-0.3, -0.25) is 0 Å². The zero-order chi connectivity index (χ0) is 14.9. The van der Waals surface area contributed by atoms with Gasteiger partial charge < -0.3 is 0 Å². The second-order valence-corrected chi connectivity index (χ2v) is 4.06. The zero-order valence-corrected chi connectivity index (χ0v) is 10.2. The van der Waals surface area contributed by atoms with Crippen molar-refractivity contribution in [3.63, 3.8) is 0 Å². The third-order valence-corrected chi connectivity index (χ3v) is 2.59. The van der Waals surface area contributed by atoms with Crippen molar-refractivity contribution in [2.24, 2.45) is 0 Å². The Bertz CT molecular complexity index is 692. The molecule has 102 valence electrons. The molecule has 0 saturated heterocycles. The number of rotatable bonds is 0. The Hall–Kier alpha value is -2.35. The summed E-state index contributed by atoms with van der Waals surface area (Å²) >= 11 is 0. The van der Waals surface area contributed by atoms with Crippen molar-refractivity contribution in [1.82, 2.24) is 0 Å². The molecule has 0 amide bonds. The predicted molar refractivity (Wildman–Crippen MR) is 63.4 cm³/mol. The van der Waals surface area contributed by atoms with Gasteiger partial charge in [0.1, 0.15) is 5.56 Å². The Morgan fingerprint density at radius 2 is 1.10 bits per heavy atom. The topological polar surface area (TPSA) is 0 Å². The highest BCUT2D eigenvalue weighted by molar-refractivity contribution is 5.45. The Morgan fingerprint density at radius 3 is 1.60 bits per heavy atom. The van der Waals surface area contributed by atoms with Crippen LogP contribution in [0, 0.1) is 47.9 Å². The molecule has 0 N–H and O–H groups in total. The van der Waals surface area contributed by atoms with Crippen molar-refractivity contribution in [1.29, 1.82) is 0 Å². The summed E-state index contributed by atoms with van der Waals surface area (Å²) in [6.45, 7) is 1.83. The van der Waals surface area contributed by atoms with E-state index in [1.807, 2.05) is 12.8 Å². The highest BCUT2D eigenvalue weighted by atomic mass is 19.2. The standard InChI is InChI=1S/C15H7F5/c1-8-2-4-9(5-3-8)6-7-10-11(16)13(18)15(20)14(19)12(10)17/h2-5H,1H3. The van der Waals surface area contributed by atoms with Gasteiger partial charge >= 0.3 is 0 Å². The quantitative estimate of drug-likeness (QED) is 0.295. The summed E-state index contributed by atoms with van der Waals surface area (Å²) in [5.74, 6) is -5.72. The Morgan fingerprint density at radius 1 is 0.650 bits per heavy atom. The van der Waals surface area contributed by atoms with Crippen molar-refractivity contribution in [3.05, 3.63) is 70.0 Å². The van der Waals surface area contributed by atoms with Crippen LogP contribution in [0.3, 0.4) is 0 Å². The molecule has 2 rings (SSSR count). The van der Waals surface area contributed by atoms with E-state index in [1.54, 1.807) is 24.3 Å². The van der Waals surface area contributed by atoms with Crippen LogP contribution in [0.1, 0.15) is 16.7 Å². The fourth-order valence-electron chi connectivity index (χ4n) is 1.49. The zero-order valence-electron chi connectivity index (χ0n) is 10.2. The third kappa shape index (κ3) is 2.50. The lowest BCUT2D eigenvalue weighted by atomic mass is 10.1. The van der Waals surface area contributed by atoms with E-state index < -0.39 is 34.6 Å². The van der Waals surface area contributed by atoms with Gasteiger partial charge in [-0.05, 0) is 19.1 Å². The molecule has 0 atom stereocenters. The van der Waals surface area contributed by atoms with Crippen molar-refractivity contribution >= 4 is 0 Å². The van der Waals surface area contributed by atoms with Crippen molar-refractivity contribution in [2.45, 2.75) is 6.92 Å². The number of hydrogen-bond acceptors (Lipinski definition) is 0. The summed E-state index contributed by atoms with van der Waals surface area (Å²) in [4.78, 5) is 0. The van der Waals surface area contributed by atoms with Gasteiger partial charge in [-0.1, -0.05) is 29.5 Å². The maximum Gasteiger partial charge on any atom is 0.200 e. The van der Waals surface area contributed by atoms with E-state index in [0.29, 0.717) is 5.56 Å². The van der Waals surface area contributed by atoms with Crippen molar-refractivity contribution < 1.29 is 22.0 Å². The van der Waals surface area contributed by atoms with Crippen LogP contribution >= 0.6 is 0 Å². The maximum atomic E-state index is 13.3. The summed E-state index contributed by atoms with van der Waals surface area (Å²) in [7, 11) is 0. The van der Waals surface area contributed by atoms with E-state index in [4.69, 9.17) is 0 Å². The van der Waals surface area contributed by atoms with Crippen molar-refractivity contribution in [2.75, 3.05) is 0 Å². The van der Waals surface area contributed by atoms with Crippen LogP contribution < -0.4 is 0 Å². The van der Waals surface area contributed by atoms with Gasteiger partial charge in [0.2, 0.25) is 5.82 Å². The maximum absolute atomic E-state index is 13.3. The SMILES string of the molecule is Cc1ccc(C#Cc2c(F)c(F)c(F)c(F)c2F)cc1. The summed E-state index contributed by atoms with van der Waals surface area (Å²) in [6, 6.07) is 6.58. The molecule has 0 aromatic heterocycles. The van der Waals surface area contributed by atoms with E-state index in [9.17, 15) is 22.0 Å². The molecule has 0 heterocycles. The lowest BCUT2D eigenvalue weighted by Gasteiger charge is -2.02. The van der Waals surface area contributed by atoms with Crippen LogP contribution in [0.15, 0.2) is 24.3 Å². The predicted octanol–water partition coefficient (Wildman–Crippen LogP) is 4.09. The highest BCUT2D eigenvalue weighted by Gasteiger charge is 2.24. The van der Waals surface area contributed by atoms with Gasteiger partial charge in [-0.2, -0.15) is 0 Å². The first-order chi connectivity index (χ1) is 9.41. The number of halogens is 5. The average Bonchev–Trinajstić information content (AvgIpc) is 2.45. The van der Waals surface area contributed by atoms with Crippen LogP contribution in [0.4, 0.5) is 22.0 Å². The molecule has 2 aromatic carbocycles. The van der Waals surface area contributed by atoms with Crippen molar-refractivity contribution in [3.8, 4) is 11.8 Å². The molecule has 0 unspecified atom stereocenters. The summed E-state index contributed by atoms with van der Waals surface area (Å²) in [6.07, 6.45) is 0. The summed E-state index contributed by atoms with van der Waals surface area (Å²) in [5, 5.41) is 0. The van der Waals surface area contributed by atoms with Crippen LogP contribution in [0.2, 0.25) is 0 Å². The fourth-order valence-corrected chi connectivity index (χ4v) is 1.49. The van der Waals surface area contributed by atoms with E-state index in [-0.39, 0.29) is 0 Å². The van der Waals surface area contributed by atoms with Gasteiger partial charge in [0.05, 0.1) is 0 Å². The highest BCUT2D eigenvalue weighted by Crippen LogP contribution is 2.22. The minimum atomic E-state index is -2.19. The van der Waals surface area contributed by atoms with Crippen LogP contribution in [0.25, 0.3) is 0 Å². The molecule has 0 nitrogen and oxygen atoms in total.